The second kappa shape index (κ2) is 26.7. The van der Waals surface area contributed by atoms with E-state index in [-0.39, 0.29) is 51.8 Å². The first-order valence-corrected chi connectivity index (χ1v) is 31.2. The minimum atomic E-state index is -0.643. The van der Waals surface area contributed by atoms with Crippen LogP contribution in [0.3, 0.4) is 0 Å². The molecule has 4 aromatic heterocycles. The molecule has 1 fully saturated rings. The van der Waals surface area contributed by atoms with E-state index in [9.17, 15) is 36.7 Å². The lowest BCUT2D eigenvalue weighted by atomic mass is 9.98. The van der Waals surface area contributed by atoms with Gasteiger partial charge in [0.25, 0.3) is 23.6 Å². The Morgan fingerprint density at radius 3 is 1.12 bits per heavy atom. The molecule has 3 unspecified atom stereocenters. The van der Waals surface area contributed by atoms with Crippen LogP contribution in [-0.2, 0) is 6.42 Å². The number of rotatable bonds is 11. The maximum atomic E-state index is 13.9. The largest absolute Gasteiger partial charge is 0.496 e. The van der Waals surface area contributed by atoms with Gasteiger partial charge >= 0.3 is 0 Å². The Hall–Kier alpha value is -7.92. The van der Waals surface area contributed by atoms with Gasteiger partial charge in [-0.1, -0.05) is 47.1 Å². The first-order chi connectivity index (χ1) is 42.7. The highest BCUT2D eigenvalue weighted by Crippen LogP contribution is 2.51. The van der Waals surface area contributed by atoms with Crippen LogP contribution in [0.1, 0.15) is 133 Å². The van der Waals surface area contributed by atoms with Gasteiger partial charge in [-0.05, 0) is 191 Å². The molecule has 0 N–H and O–H groups in total. The SMILES string of the molecule is CCc1nc2ccc(F)cc2c(OC)c1Br.COc1c(Br)c(C(C)Br)nc2ccc(F)cc12.COc1c(Br)c(C(C)N2C(=O)c3ccccc3C2=O)nc2ccc(F)cc12.COc1c(C2CC2)c(C(C)N2C(=O)c3ccccc3C2=O)nc2ccc(F)cc12. The van der Waals surface area contributed by atoms with Gasteiger partial charge < -0.3 is 18.9 Å². The Balaban J connectivity index is 0.000000135. The predicted molar refractivity (Wildman–Crippen MR) is 346 cm³/mol. The smallest absolute Gasteiger partial charge is 0.262 e. The van der Waals surface area contributed by atoms with Crippen molar-refractivity contribution in [1.29, 1.82) is 0 Å². The Labute approximate surface area is 542 Å². The standard InChI is InChI=1S/C23H19FN2O3.C20H14BrFN2O3.C12H10Br2FNO.C12H11BrFNO/c1-12(26-22(27)15-5-3-4-6-16(15)23(26)28)20-19(13-7-8-13)21(29-2)17-11-14(24)9-10-18(17)25-20;1-10(24-19(25)12-5-3-4-6-13(12)20(24)26)17-16(21)18(27-2)14-9-11(22)7-8-15(14)23-17;1-6(13)11-10(14)12(17-2)8-5-7(15)3-4-9(8)16-11;1-3-9-11(13)12(16-2)8-6-7(14)4-5-10(8)15-9/h3-6,9-13H,7-8H2,1-2H3;3-10H,1-2H3;3-6H,1-2H3;4-6H,3H2,1-2H3. The van der Waals surface area contributed by atoms with E-state index in [1.165, 1.54) is 71.5 Å². The Morgan fingerprint density at radius 2 is 0.775 bits per heavy atom. The number of hydrogen-bond donors (Lipinski definition) is 0. The number of methoxy groups -OCH3 is 4. The zero-order chi connectivity index (χ0) is 63.9. The van der Waals surface area contributed by atoms with E-state index >= 15 is 0 Å². The third kappa shape index (κ3) is 12.3. The van der Waals surface area contributed by atoms with Crippen molar-refractivity contribution in [2.75, 3.05) is 28.4 Å². The van der Waals surface area contributed by atoms with Gasteiger partial charge in [0.1, 0.15) is 46.3 Å². The van der Waals surface area contributed by atoms with Gasteiger partial charge in [0.2, 0.25) is 0 Å². The summed E-state index contributed by atoms with van der Waals surface area (Å²) in [6.45, 7) is 7.53. The second-order valence-electron chi connectivity index (χ2n) is 20.8. The summed E-state index contributed by atoms with van der Waals surface area (Å²) in [5.41, 5.74) is 7.83. The average molecular weight is 1470 g/mol. The quantitative estimate of drug-likeness (QED) is 0.0685. The molecule has 6 heterocycles. The molecule has 89 heavy (non-hydrogen) atoms. The fraction of sp³-hybridized carbons (Fsp3) is 0.224. The number of benzene rings is 6. The summed E-state index contributed by atoms with van der Waals surface area (Å²) in [5, 5.41) is 2.46. The zero-order valence-electron chi connectivity index (χ0n) is 49.0. The first-order valence-electron chi connectivity index (χ1n) is 27.9. The van der Waals surface area contributed by atoms with Gasteiger partial charge in [-0.2, -0.15) is 0 Å². The Kier molecular flexibility index (Phi) is 19.2. The van der Waals surface area contributed by atoms with Gasteiger partial charge in [-0.3, -0.25) is 43.9 Å². The van der Waals surface area contributed by atoms with E-state index in [2.05, 4.69) is 78.7 Å². The number of fused-ring (bicyclic) bond motifs is 6. The molecule has 10 aromatic rings. The monoisotopic (exact) mass is 1460 g/mol. The number of ether oxygens (including phenoxy) is 4. The molecule has 0 bridgehead atoms. The normalized spacial score (nSPS) is 14.3. The van der Waals surface area contributed by atoms with E-state index in [0.717, 1.165) is 50.7 Å². The highest BCUT2D eigenvalue weighted by molar-refractivity contribution is 9.11. The summed E-state index contributed by atoms with van der Waals surface area (Å²) in [6.07, 6.45) is 2.74. The highest BCUT2D eigenvalue weighted by Gasteiger charge is 2.43. The van der Waals surface area contributed by atoms with Crippen molar-refractivity contribution in [1.82, 2.24) is 29.7 Å². The van der Waals surface area contributed by atoms with Gasteiger partial charge in [0, 0.05) is 27.1 Å². The maximum Gasteiger partial charge on any atom is 0.262 e. The number of nitrogens with zero attached hydrogens (tertiary/aromatic N) is 6. The molecule has 456 valence electrons. The maximum absolute atomic E-state index is 13.9. The topological polar surface area (TPSA) is 163 Å². The van der Waals surface area contributed by atoms with E-state index in [0.29, 0.717) is 99.2 Å². The minimum absolute atomic E-state index is 0.0835. The predicted octanol–water partition coefficient (Wildman–Crippen LogP) is 17.4. The molecular weight excluding hydrogens is 1410 g/mol. The van der Waals surface area contributed by atoms with Gasteiger partial charge in [0.05, 0.1) is 126 Å². The van der Waals surface area contributed by atoms with Crippen molar-refractivity contribution < 1.29 is 55.7 Å². The number of carbonyl (C=O) groups is 4. The van der Waals surface area contributed by atoms with Crippen molar-refractivity contribution in [3.63, 3.8) is 0 Å². The van der Waals surface area contributed by atoms with E-state index < -0.39 is 17.9 Å². The lowest BCUT2D eigenvalue weighted by Gasteiger charge is -2.26. The van der Waals surface area contributed by atoms with Crippen LogP contribution in [0.4, 0.5) is 17.6 Å². The van der Waals surface area contributed by atoms with Crippen LogP contribution in [0, 0.1) is 23.3 Å². The van der Waals surface area contributed by atoms with Crippen molar-refractivity contribution in [3.05, 3.63) is 209 Å². The fourth-order valence-corrected chi connectivity index (χ4v) is 13.9. The Bertz CT molecular complexity index is 4450. The number of pyridine rings is 4. The number of aryl methyl sites for hydroxylation is 1. The van der Waals surface area contributed by atoms with Crippen LogP contribution in [0.5, 0.6) is 23.0 Å². The lowest BCUT2D eigenvalue weighted by Crippen LogP contribution is -2.33. The molecule has 2 aliphatic heterocycles. The average Bonchev–Trinajstić information content (AvgIpc) is 1.71. The molecule has 0 radical (unpaired) electrons. The summed E-state index contributed by atoms with van der Waals surface area (Å²) < 4.78 is 77.7. The molecule has 4 amide bonds. The molecule has 3 atom stereocenters. The number of halogens is 8. The summed E-state index contributed by atoms with van der Waals surface area (Å²) >= 11 is 13.8. The molecule has 0 spiro atoms. The fourth-order valence-electron chi connectivity index (χ4n) is 10.9. The number of imide groups is 2. The lowest BCUT2D eigenvalue weighted by molar-refractivity contribution is 0.0576. The third-order valence-corrected chi connectivity index (χ3v) is 18.1. The van der Waals surface area contributed by atoms with Gasteiger partial charge in [-0.25, -0.2) is 22.5 Å². The van der Waals surface area contributed by atoms with Gasteiger partial charge in [-0.15, -0.1) is 0 Å². The first kappa shape index (κ1) is 64.1. The summed E-state index contributed by atoms with van der Waals surface area (Å²) in [5.74, 6) is -0.267. The number of carbonyl (C=O) groups excluding carboxylic acids is 4. The molecule has 6 aromatic carbocycles. The van der Waals surface area contributed by atoms with Crippen molar-refractivity contribution in [2.24, 2.45) is 0 Å². The number of amides is 4. The second-order valence-corrected chi connectivity index (χ2v) is 24.6. The van der Waals surface area contributed by atoms with E-state index in [1.807, 2.05) is 20.8 Å². The van der Waals surface area contributed by atoms with Crippen molar-refractivity contribution >= 4 is 131 Å². The summed E-state index contributed by atoms with van der Waals surface area (Å²) in [4.78, 5) is 72.3. The molecule has 22 heteroatoms. The van der Waals surface area contributed by atoms with Crippen LogP contribution in [-0.4, -0.2) is 81.8 Å². The number of aromatic nitrogens is 4. The summed E-state index contributed by atoms with van der Waals surface area (Å²) in [7, 11) is 6.17. The van der Waals surface area contributed by atoms with Crippen LogP contribution in [0.25, 0.3) is 43.6 Å². The molecule has 0 saturated heterocycles. The van der Waals surface area contributed by atoms with E-state index in [4.69, 9.17) is 23.9 Å². The van der Waals surface area contributed by atoms with Crippen LogP contribution < -0.4 is 18.9 Å². The third-order valence-electron chi connectivity index (χ3n) is 15.3. The Morgan fingerprint density at radius 1 is 0.461 bits per heavy atom. The highest BCUT2D eigenvalue weighted by atomic mass is 79.9. The van der Waals surface area contributed by atoms with E-state index in [1.54, 1.807) is 95.0 Å². The number of hydrogen-bond acceptors (Lipinski definition) is 12. The van der Waals surface area contributed by atoms with Crippen LogP contribution >= 0.6 is 63.7 Å². The molecular formula is C67H54Br4F4N6O8. The molecule has 1 aliphatic carbocycles. The molecule has 14 nitrogen and oxygen atoms in total. The van der Waals surface area contributed by atoms with Crippen molar-refractivity contribution in [3.8, 4) is 23.0 Å². The van der Waals surface area contributed by atoms with Crippen LogP contribution in [0.15, 0.2) is 135 Å². The van der Waals surface area contributed by atoms with Gasteiger partial charge in [0.15, 0.2) is 0 Å². The minimum Gasteiger partial charge on any atom is -0.496 e. The summed E-state index contributed by atoms with van der Waals surface area (Å²) in [6, 6.07) is 29.9. The zero-order valence-corrected chi connectivity index (χ0v) is 55.3. The number of alkyl halides is 1. The molecule has 13 rings (SSSR count). The van der Waals surface area contributed by atoms with Crippen molar-refractivity contribution in [2.45, 2.75) is 69.8 Å². The molecule has 3 aliphatic rings. The molecule has 1 saturated carbocycles. The van der Waals surface area contributed by atoms with Crippen LogP contribution in [0.2, 0.25) is 0 Å².